The molecule has 3 rings (SSSR count). The molecule has 8 heteroatoms. The Morgan fingerprint density at radius 1 is 1.24 bits per heavy atom. The number of hydrogen-bond donors (Lipinski definition) is 1. The molecular weight excluding hydrogens is 394 g/mol. The zero-order valence-electron chi connectivity index (χ0n) is 16.2. The molecule has 0 bridgehead atoms. The topological polar surface area (TPSA) is 79.0 Å². The van der Waals surface area contributed by atoms with Crippen molar-refractivity contribution in [2.75, 3.05) is 26.0 Å². The number of benzene rings is 2. The van der Waals surface area contributed by atoms with Gasteiger partial charge in [-0.15, -0.1) is 0 Å². The van der Waals surface area contributed by atoms with Gasteiger partial charge in [-0.05, 0) is 30.8 Å². The largest absolute Gasteiger partial charge is 0.495 e. The van der Waals surface area contributed by atoms with Crippen molar-refractivity contribution in [3.8, 4) is 5.75 Å². The van der Waals surface area contributed by atoms with Crippen LogP contribution >= 0.6 is 11.6 Å². The fourth-order valence-electron chi connectivity index (χ4n) is 3.25. The summed E-state index contributed by atoms with van der Waals surface area (Å²) in [5, 5.41) is 3.19. The van der Waals surface area contributed by atoms with Crippen LogP contribution < -0.4 is 10.1 Å². The lowest BCUT2D eigenvalue weighted by Gasteiger charge is -2.22. The molecular formula is C21H22ClN3O4. The van der Waals surface area contributed by atoms with Crippen molar-refractivity contribution in [3.63, 3.8) is 0 Å². The van der Waals surface area contributed by atoms with Gasteiger partial charge in [-0.1, -0.05) is 41.9 Å². The van der Waals surface area contributed by atoms with Crippen molar-refractivity contribution in [2.45, 2.75) is 19.0 Å². The van der Waals surface area contributed by atoms with Gasteiger partial charge in [0, 0.05) is 5.02 Å². The number of nitrogens with one attached hydrogen (secondary N) is 1. The molecule has 152 valence electrons. The molecule has 0 saturated carbocycles. The van der Waals surface area contributed by atoms with E-state index in [0.717, 1.165) is 5.56 Å². The van der Waals surface area contributed by atoms with E-state index < -0.39 is 6.04 Å². The van der Waals surface area contributed by atoms with Crippen LogP contribution in [0.3, 0.4) is 0 Å². The highest BCUT2D eigenvalue weighted by Crippen LogP contribution is 2.28. The van der Waals surface area contributed by atoms with E-state index in [1.165, 1.54) is 12.0 Å². The minimum absolute atomic E-state index is 0.0515. The maximum atomic E-state index is 12.7. The fraction of sp³-hybridized carbons (Fsp3) is 0.286. The van der Waals surface area contributed by atoms with Gasteiger partial charge in [0.1, 0.15) is 5.75 Å². The molecule has 0 spiro atoms. The number of imide groups is 1. The molecule has 1 atom stereocenters. The van der Waals surface area contributed by atoms with E-state index in [1.807, 2.05) is 30.3 Å². The van der Waals surface area contributed by atoms with Crippen LogP contribution in [0.4, 0.5) is 5.69 Å². The molecule has 1 N–H and O–H groups in total. The Labute approximate surface area is 174 Å². The van der Waals surface area contributed by atoms with Crippen LogP contribution in [0.5, 0.6) is 5.75 Å². The van der Waals surface area contributed by atoms with Crippen molar-refractivity contribution in [3.05, 3.63) is 59.1 Å². The quantitative estimate of drug-likeness (QED) is 0.703. The molecule has 3 amide bonds. The second-order valence-electron chi connectivity index (χ2n) is 6.83. The number of hydrogen-bond acceptors (Lipinski definition) is 5. The summed E-state index contributed by atoms with van der Waals surface area (Å²) in [6, 6.07) is 13.6. The van der Waals surface area contributed by atoms with Gasteiger partial charge in [0.25, 0.3) is 0 Å². The maximum Gasteiger partial charge on any atom is 0.247 e. The van der Waals surface area contributed by atoms with Crippen molar-refractivity contribution >= 4 is 35.0 Å². The summed E-state index contributed by atoms with van der Waals surface area (Å²) in [5.41, 5.74) is 1.32. The van der Waals surface area contributed by atoms with Gasteiger partial charge in [0.15, 0.2) is 0 Å². The van der Waals surface area contributed by atoms with E-state index in [-0.39, 0.29) is 37.2 Å². The number of carbonyl (C=O) groups is 3. The first-order valence-corrected chi connectivity index (χ1v) is 9.48. The molecule has 2 aromatic rings. The van der Waals surface area contributed by atoms with Crippen LogP contribution in [0.25, 0.3) is 0 Å². The third-order valence-corrected chi connectivity index (χ3v) is 5.00. The van der Waals surface area contributed by atoms with E-state index in [1.54, 1.807) is 30.1 Å². The SMILES string of the molecule is COc1ccc(Cl)cc1NC(=O)CN(C)C1CC(=O)N(Cc2ccccc2)C1=O. The summed E-state index contributed by atoms with van der Waals surface area (Å²) in [4.78, 5) is 40.4. The first-order chi connectivity index (χ1) is 13.9. The molecule has 1 fully saturated rings. The van der Waals surface area contributed by atoms with Crippen LogP contribution in [0.2, 0.25) is 5.02 Å². The molecule has 2 aromatic carbocycles. The third kappa shape index (κ3) is 4.93. The third-order valence-electron chi connectivity index (χ3n) is 4.76. The van der Waals surface area contributed by atoms with Gasteiger partial charge in [-0.2, -0.15) is 0 Å². The second kappa shape index (κ2) is 9.07. The Kier molecular flexibility index (Phi) is 6.51. The average Bonchev–Trinajstić information content (AvgIpc) is 2.97. The molecule has 1 aliphatic rings. The van der Waals surface area contributed by atoms with Crippen molar-refractivity contribution in [2.24, 2.45) is 0 Å². The highest BCUT2D eigenvalue weighted by molar-refractivity contribution is 6.31. The van der Waals surface area contributed by atoms with Gasteiger partial charge >= 0.3 is 0 Å². The second-order valence-corrected chi connectivity index (χ2v) is 7.27. The van der Waals surface area contributed by atoms with Crippen LogP contribution in [-0.4, -0.2) is 54.3 Å². The van der Waals surface area contributed by atoms with Crippen molar-refractivity contribution in [1.29, 1.82) is 0 Å². The monoisotopic (exact) mass is 415 g/mol. The minimum Gasteiger partial charge on any atom is -0.495 e. The molecule has 0 radical (unpaired) electrons. The van der Waals surface area contributed by atoms with Crippen LogP contribution in [0, 0.1) is 0 Å². The van der Waals surface area contributed by atoms with Gasteiger partial charge < -0.3 is 10.1 Å². The standard InChI is InChI=1S/C21H22ClN3O4/c1-24(13-19(26)23-16-10-15(22)8-9-18(16)29-2)17-11-20(27)25(21(17)28)12-14-6-4-3-5-7-14/h3-10,17H,11-13H2,1-2H3,(H,23,26). The van der Waals surface area contributed by atoms with E-state index in [4.69, 9.17) is 16.3 Å². The number of anilines is 1. The Morgan fingerprint density at radius 2 is 1.97 bits per heavy atom. The van der Waals surface area contributed by atoms with Crippen molar-refractivity contribution in [1.82, 2.24) is 9.80 Å². The maximum absolute atomic E-state index is 12.7. The van der Waals surface area contributed by atoms with Crippen LogP contribution in [0.1, 0.15) is 12.0 Å². The number of nitrogens with zero attached hydrogens (tertiary/aromatic N) is 2. The molecule has 1 aliphatic heterocycles. The zero-order valence-corrected chi connectivity index (χ0v) is 17.0. The summed E-state index contributed by atoms with van der Waals surface area (Å²) in [7, 11) is 3.14. The zero-order chi connectivity index (χ0) is 21.0. The van der Waals surface area contributed by atoms with Gasteiger partial charge in [-0.3, -0.25) is 24.2 Å². The van der Waals surface area contributed by atoms with Crippen LogP contribution in [-0.2, 0) is 20.9 Å². The molecule has 1 heterocycles. The number of halogens is 1. The molecule has 29 heavy (non-hydrogen) atoms. The number of likely N-dealkylation sites (tertiary alicyclic amines) is 1. The Bertz CT molecular complexity index is 919. The predicted octanol–water partition coefficient (Wildman–Crippen LogP) is 2.55. The molecule has 1 unspecified atom stereocenters. The van der Waals surface area contributed by atoms with Gasteiger partial charge in [0.05, 0.1) is 38.3 Å². The summed E-state index contributed by atoms with van der Waals surface area (Å²) in [6.45, 7) is 0.174. The lowest BCUT2D eigenvalue weighted by molar-refractivity contribution is -0.140. The highest BCUT2D eigenvalue weighted by Gasteiger charge is 2.41. The number of likely N-dealkylation sites (N-methyl/N-ethyl adjacent to an activating group) is 1. The summed E-state index contributed by atoms with van der Waals surface area (Å²) < 4.78 is 5.22. The lowest BCUT2D eigenvalue weighted by Crippen LogP contribution is -2.43. The van der Waals surface area contributed by atoms with Gasteiger partial charge in [-0.25, -0.2) is 0 Å². The smallest absolute Gasteiger partial charge is 0.247 e. The molecule has 7 nitrogen and oxygen atoms in total. The van der Waals surface area contributed by atoms with E-state index >= 15 is 0 Å². The van der Waals surface area contributed by atoms with E-state index in [0.29, 0.717) is 16.5 Å². The highest BCUT2D eigenvalue weighted by atomic mass is 35.5. The molecule has 0 aliphatic carbocycles. The Hall–Kier alpha value is -2.90. The van der Waals surface area contributed by atoms with Crippen LogP contribution in [0.15, 0.2) is 48.5 Å². The first-order valence-electron chi connectivity index (χ1n) is 9.11. The van der Waals surface area contributed by atoms with Gasteiger partial charge in [0.2, 0.25) is 17.7 Å². The summed E-state index contributed by atoms with van der Waals surface area (Å²) in [6.07, 6.45) is 0.0515. The number of methoxy groups -OCH3 is 1. The average molecular weight is 416 g/mol. The Morgan fingerprint density at radius 3 is 2.66 bits per heavy atom. The fourth-order valence-corrected chi connectivity index (χ4v) is 3.42. The summed E-state index contributed by atoms with van der Waals surface area (Å²) >= 11 is 5.98. The first kappa shape index (κ1) is 20.8. The number of amides is 3. The number of carbonyl (C=O) groups excluding carboxylic acids is 3. The Balaban J connectivity index is 1.62. The molecule has 1 saturated heterocycles. The predicted molar refractivity (Wildman–Crippen MR) is 110 cm³/mol. The van der Waals surface area contributed by atoms with Crippen molar-refractivity contribution < 1.29 is 19.1 Å². The van der Waals surface area contributed by atoms with E-state index in [9.17, 15) is 14.4 Å². The lowest BCUT2D eigenvalue weighted by atomic mass is 10.2. The van der Waals surface area contributed by atoms with E-state index in [2.05, 4.69) is 5.32 Å². The normalized spacial score (nSPS) is 16.4. The summed E-state index contributed by atoms with van der Waals surface area (Å²) in [5.74, 6) is -0.400. The number of ether oxygens (including phenoxy) is 1. The number of rotatable bonds is 7. The minimum atomic E-state index is -0.668. The molecule has 0 aromatic heterocycles.